The fourth-order valence-corrected chi connectivity index (χ4v) is 2.42. The van der Waals surface area contributed by atoms with Crippen LogP contribution in [0.15, 0.2) is 36.5 Å². The Bertz CT molecular complexity index is 843. The summed E-state index contributed by atoms with van der Waals surface area (Å²) >= 11 is 0. The van der Waals surface area contributed by atoms with Gasteiger partial charge in [-0.15, -0.1) is 0 Å². The highest BCUT2D eigenvalue weighted by Crippen LogP contribution is 2.32. The molecule has 2 N–H and O–H groups in total. The Hall–Kier alpha value is -3.09. The number of nitrogens with zero attached hydrogens (tertiary/aromatic N) is 1. The van der Waals surface area contributed by atoms with Gasteiger partial charge in [-0.05, 0) is 45.0 Å². The zero-order valence-corrected chi connectivity index (χ0v) is 15.0. The smallest absolute Gasteiger partial charge is 0.270 e. The number of ether oxygens (including phenoxy) is 2. The van der Waals surface area contributed by atoms with E-state index >= 15 is 0 Å². The van der Waals surface area contributed by atoms with Crippen molar-refractivity contribution in [3.63, 3.8) is 0 Å². The molecule has 1 aromatic carbocycles. The summed E-state index contributed by atoms with van der Waals surface area (Å²) in [5.74, 6) is 0.577. The lowest BCUT2D eigenvalue weighted by Crippen LogP contribution is -2.41. The van der Waals surface area contributed by atoms with Crippen molar-refractivity contribution in [2.24, 2.45) is 0 Å². The van der Waals surface area contributed by atoms with Gasteiger partial charge in [0.15, 0.2) is 11.5 Å². The molecular weight excluding hydrogens is 334 g/mol. The minimum atomic E-state index is -0.387. The molecule has 2 aromatic rings. The van der Waals surface area contributed by atoms with Crippen LogP contribution in [0.25, 0.3) is 0 Å². The Morgan fingerprint density at radius 1 is 1.00 bits per heavy atom. The molecule has 0 atom stereocenters. The molecule has 3 rings (SSSR count). The van der Waals surface area contributed by atoms with Gasteiger partial charge in [0, 0.05) is 29.1 Å². The number of fused-ring (bicyclic) bond motifs is 1. The van der Waals surface area contributed by atoms with Crippen LogP contribution in [0, 0.1) is 0 Å². The monoisotopic (exact) mass is 355 g/mol. The Morgan fingerprint density at radius 3 is 2.46 bits per heavy atom. The zero-order valence-electron chi connectivity index (χ0n) is 15.0. The van der Waals surface area contributed by atoms with Crippen molar-refractivity contribution in [2.75, 3.05) is 18.5 Å². The van der Waals surface area contributed by atoms with Gasteiger partial charge < -0.3 is 20.1 Å². The third kappa shape index (κ3) is 4.30. The maximum absolute atomic E-state index is 12.5. The SMILES string of the molecule is CC(C)(C)NC(=O)c1cc(C(=O)Nc2ccc3c(c2)OCCO3)ccn1. The van der Waals surface area contributed by atoms with Crippen LogP contribution < -0.4 is 20.1 Å². The van der Waals surface area contributed by atoms with Crippen LogP contribution in [0.4, 0.5) is 5.69 Å². The van der Waals surface area contributed by atoms with E-state index in [1.165, 1.54) is 12.3 Å². The summed E-state index contributed by atoms with van der Waals surface area (Å²) in [5, 5.41) is 5.61. The summed E-state index contributed by atoms with van der Waals surface area (Å²) in [4.78, 5) is 28.8. The van der Waals surface area contributed by atoms with E-state index in [0.717, 1.165) is 0 Å². The fourth-order valence-electron chi connectivity index (χ4n) is 2.42. The highest BCUT2D eigenvalue weighted by Gasteiger charge is 2.18. The van der Waals surface area contributed by atoms with Crippen molar-refractivity contribution in [3.05, 3.63) is 47.8 Å². The van der Waals surface area contributed by atoms with E-state index in [2.05, 4.69) is 15.6 Å². The van der Waals surface area contributed by atoms with Crippen LogP contribution in [-0.4, -0.2) is 35.6 Å². The molecule has 0 bridgehead atoms. The molecule has 7 heteroatoms. The van der Waals surface area contributed by atoms with Crippen LogP contribution in [0.1, 0.15) is 41.6 Å². The number of benzene rings is 1. The highest BCUT2D eigenvalue weighted by molar-refractivity contribution is 6.05. The van der Waals surface area contributed by atoms with Gasteiger partial charge in [-0.3, -0.25) is 14.6 Å². The molecule has 0 radical (unpaired) electrons. The van der Waals surface area contributed by atoms with E-state index in [0.29, 0.717) is 36.0 Å². The maximum atomic E-state index is 12.5. The zero-order chi connectivity index (χ0) is 18.7. The van der Waals surface area contributed by atoms with Crippen molar-refractivity contribution < 1.29 is 19.1 Å². The summed E-state index contributed by atoms with van der Waals surface area (Å²) in [7, 11) is 0. The summed E-state index contributed by atoms with van der Waals surface area (Å²) in [6.45, 7) is 6.62. The molecule has 0 saturated carbocycles. The average molecular weight is 355 g/mol. The van der Waals surface area contributed by atoms with Gasteiger partial charge in [0.05, 0.1) is 0 Å². The Morgan fingerprint density at radius 2 is 1.73 bits per heavy atom. The van der Waals surface area contributed by atoms with Gasteiger partial charge in [0.2, 0.25) is 0 Å². The first-order valence-corrected chi connectivity index (χ1v) is 8.31. The number of rotatable bonds is 3. The first kappa shape index (κ1) is 17.7. The third-order valence-electron chi connectivity index (χ3n) is 3.54. The molecule has 7 nitrogen and oxygen atoms in total. The van der Waals surface area contributed by atoms with Crippen LogP contribution in [0.3, 0.4) is 0 Å². The van der Waals surface area contributed by atoms with Gasteiger partial charge in [0.25, 0.3) is 11.8 Å². The molecule has 26 heavy (non-hydrogen) atoms. The van der Waals surface area contributed by atoms with Crippen molar-refractivity contribution in [2.45, 2.75) is 26.3 Å². The fraction of sp³-hybridized carbons (Fsp3) is 0.316. The quantitative estimate of drug-likeness (QED) is 0.883. The van der Waals surface area contributed by atoms with E-state index in [1.54, 1.807) is 24.3 Å². The Kier molecular flexibility index (Phi) is 4.79. The van der Waals surface area contributed by atoms with Crippen molar-refractivity contribution >= 4 is 17.5 Å². The molecule has 2 amide bonds. The van der Waals surface area contributed by atoms with Crippen molar-refractivity contribution in [1.82, 2.24) is 10.3 Å². The molecule has 0 fully saturated rings. The Balaban J connectivity index is 1.74. The molecule has 1 aromatic heterocycles. The second kappa shape index (κ2) is 7.03. The summed E-state index contributed by atoms with van der Waals surface area (Å²) in [6.07, 6.45) is 1.44. The van der Waals surface area contributed by atoms with Crippen molar-refractivity contribution in [3.8, 4) is 11.5 Å². The number of nitrogens with one attached hydrogen (secondary N) is 2. The number of hydrogen-bond donors (Lipinski definition) is 2. The topological polar surface area (TPSA) is 89.6 Å². The minimum Gasteiger partial charge on any atom is -0.486 e. The predicted molar refractivity (Wildman–Crippen MR) is 96.8 cm³/mol. The van der Waals surface area contributed by atoms with Gasteiger partial charge in [0.1, 0.15) is 18.9 Å². The average Bonchev–Trinajstić information content (AvgIpc) is 2.60. The van der Waals surface area contributed by atoms with Crippen LogP contribution in [0.5, 0.6) is 11.5 Å². The summed E-state index contributed by atoms with van der Waals surface area (Å²) in [6, 6.07) is 8.22. The first-order valence-electron chi connectivity index (χ1n) is 8.31. The lowest BCUT2D eigenvalue weighted by atomic mass is 10.1. The predicted octanol–water partition coefficient (Wildman–Crippen LogP) is 2.63. The van der Waals surface area contributed by atoms with Crippen LogP contribution >= 0.6 is 0 Å². The highest BCUT2D eigenvalue weighted by atomic mass is 16.6. The molecule has 1 aliphatic heterocycles. The summed E-state index contributed by atoms with van der Waals surface area (Å²) in [5.41, 5.74) is 0.725. The molecular formula is C19H21N3O4. The second-order valence-electron chi connectivity index (χ2n) is 6.95. The molecule has 0 unspecified atom stereocenters. The number of hydrogen-bond acceptors (Lipinski definition) is 5. The molecule has 1 aliphatic rings. The maximum Gasteiger partial charge on any atom is 0.270 e. The molecule has 0 spiro atoms. The van der Waals surface area contributed by atoms with Gasteiger partial charge in [-0.2, -0.15) is 0 Å². The van der Waals surface area contributed by atoms with Gasteiger partial charge in [-0.1, -0.05) is 0 Å². The van der Waals surface area contributed by atoms with Crippen LogP contribution in [0.2, 0.25) is 0 Å². The number of carbonyl (C=O) groups is 2. The van der Waals surface area contributed by atoms with E-state index < -0.39 is 0 Å². The van der Waals surface area contributed by atoms with Crippen molar-refractivity contribution in [1.29, 1.82) is 0 Å². The van der Waals surface area contributed by atoms with Crippen LogP contribution in [-0.2, 0) is 0 Å². The number of aromatic nitrogens is 1. The number of carbonyl (C=O) groups excluding carboxylic acids is 2. The summed E-state index contributed by atoms with van der Waals surface area (Å²) < 4.78 is 11.0. The normalized spacial score (nSPS) is 13.0. The number of amides is 2. The lowest BCUT2D eigenvalue weighted by molar-refractivity contribution is 0.0914. The molecule has 0 saturated heterocycles. The Labute approximate surface area is 151 Å². The van der Waals surface area contributed by atoms with Gasteiger partial charge >= 0.3 is 0 Å². The number of pyridine rings is 1. The van der Waals surface area contributed by atoms with Gasteiger partial charge in [-0.25, -0.2) is 0 Å². The van der Waals surface area contributed by atoms with E-state index in [-0.39, 0.29) is 23.0 Å². The largest absolute Gasteiger partial charge is 0.486 e. The molecule has 2 heterocycles. The molecule has 136 valence electrons. The van der Waals surface area contributed by atoms with E-state index in [9.17, 15) is 9.59 Å². The third-order valence-corrected chi connectivity index (χ3v) is 3.54. The minimum absolute atomic E-state index is 0.190. The van der Waals surface area contributed by atoms with E-state index in [1.807, 2.05) is 20.8 Å². The number of anilines is 1. The second-order valence-corrected chi connectivity index (χ2v) is 6.95. The molecule has 0 aliphatic carbocycles. The first-order chi connectivity index (χ1) is 12.3. The standard InChI is InChI=1S/C19H21N3O4/c1-19(2,3)22-18(24)14-10-12(6-7-20-14)17(23)21-13-4-5-15-16(11-13)26-9-8-25-15/h4-7,10-11H,8-9H2,1-3H3,(H,21,23)(H,22,24). The lowest BCUT2D eigenvalue weighted by Gasteiger charge is -2.20. The van der Waals surface area contributed by atoms with E-state index in [4.69, 9.17) is 9.47 Å².